The van der Waals surface area contributed by atoms with Crippen molar-refractivity contribution in [1.82, 2.24) is 20.2 Å². The fraction of sp³-hybridized carbons (Fsp3) is 0.500. The predicted molar refractivity (Wildman–Crippen MR) is 123 cm³/mol. The number of carbonyl (C=O) groups excluding carboxylic acids is 1. The van der Waals surface area contributed by atoms with Crippen LogP contribution < -0.4 is 5.32 Å². The first kappa shape index (κ1) is 19.8. The second-order valence-corrected chi connectivity index (χ2v) is 10.5. The summed E-state index contributed by atoms with van der Waals surface area (Å²) in [4.78, 5) is 24.4. The zero-order valence-corrected chi connectivity index (χ0v) is 19.1. The highest BCUT2D eigenvalue weighted by atomic mass is 32.1. The Morgan fingerprint density at radius 1 is 1.20 bits per heavy atom. The first-order valence-corrected chi connectivity index (χ1v) is 11.8. The third-order valence-corrected chi connectivity index (χ3v) is 7.88. The number of aryl methyl sites for hydroxylation is 2. The van der Waals surface area contributed by atoms with E-state index in [-0.39, 0.29) is 5.91 Å². The van der Waals surface area contributed by atoms with Crippen molar-refractivity contribution in [1.29, 1.82) is 0 Å². The zero-order valence-electron chi connectivity index (χ0n) is 18.3. The number of hydrogen-bond donors (Lipinski definition) is 2. The number of hydrogen-bond acceptors (Lipinski definition) is 4. The summed E-state index contributed by atoms with van der Waals surface area (Å²) in [5.74, 6) is 0.559. The van der Waals surface area contributed by atoms with Crippen LogP contribution in [0.1, 0.15) is 59.2 Å². The maximum absolute atomic E-state index is 13.3. The molecule has 6 heteroatoms. The molecule has 1 amide bonds. The van der Waals surface area contributed by atoms with E-state index in [1.807, 2.05) is 13.8 Å². The number of amides is 1. The summed E-state index contributed by atoms with van der Waals surface area (Å²) in [7, 11) is 0. The van der Waals surface area contributed by atoms with Crippen molar-refractivity contribution >= 4 is 27.5 Å². The molecule has 2 saturated heterocycles. The van der Waals surface area contributed by atoms with E-state index in [0.29, 0.717) is 11.3 Å². The van der Waals surface area contributed by atoms with Gasteiger partial charge in [-0.3, -0.25) is 9.78 Å². The molecule has 5 heterocycles. The number of thiophene rings is 1. The molecule has 3 aromatic rings. The Balaban J connectivity index is 1.50. The number of likely N-dealkylation sites (tertiary alicyclic amines) is 1. The summed E-state index contributed by atoms with van der Waals surface area (Å²) < 4.78 is 1.21. The molecular formula is C24H30N4OS. The minimum Gasteiger partial charge on any atom is -0.354 e. The van der Waals surface area contributed by atoms with Crippen LogP contribution >= 0.6 is 11.3 Å². The Bertz CT molecular complexity index is 1100. The predicted octanol–water partition coefficient (Wildman–Crippen LogP) is 4.86. The number of nitrogens with zero attached hydrogens (tertiary/aromatic N) is 2. The monoisotopic (exact) mass is 422 g/mol. The summed E-state index contributed by atoms with van der Waals surface area (Å²) in [6, 6.07) is 6.34. The molecule has 2 fully saturated rings. The Kier molecular flexibility index (Phi) is 4.75. The summed E-state index contributed by atoms with van der Waals surface area (Å²) in [5, 5.41) is 3.48. The van der Waals surface area contributed by atoms with Crippen molar-refractivity contribution in [3.05, 3.63) is 40.0 Å². The lowest BCUT2D eigenvalue weighted by Gasteiger charge is -2.22. The van der Waals surface area contributed by atoms with Gasteiger partial charge in [-0.2, -0.15) is 0 Å². The molecule has 2 aliphatic heterocycles. The molecule has 0 bridgehead atoms. The second kappa shape index (κ2) is 7.20. The third kappa shape index (κ3) is 3.26. The molecule has 158 valence electrons. The fourth-order valence-corrected chi connectivity index (χ4v) is 6.55. The normalized spacial score (nSPS) is 21.6. The molecule has 1 spiro atoms. The number of fused-ring (bicyclic) bond motifs is 1. The molecule has 3 aromatic heterocycles. The first-order valence-electron chi connectivity index (χ1n) is 11.0. The molecule has 1 atom stereocenters. The third-order valence-electron chi connectivity index (χ3n) is 6.72. The van der Waals surface area contributed by atoms with Crippen molar-refractivity contribution in [2.24, 2.45) is 5.41 Å². The van der Waals surface area contributed by atoms with E-state index in [0.717, 1.165) is 60.1 Å². The highest BCUT2D eigenvalue weighted by Gasteiger charge is 2.42. The van der Waals surface area contributed by atoms with E-state index < -0.39 is 0 Å². The van der Waals surface area contributed by atoms with Gasteiger partial charge in [-0.15, -0.1) is 11.3 Å². The van der Waals surface area contributed by atoms with Gasteiger partial charge in [0.15, 0.2) is 0 Å². The van der Waals surface area contributed by atoms with Crippen LogP contribution in [0.15, 0.2) is 18.2 Å². The standard InChI is InChI=1S/C24H30N4OS/c1-14(2)20-21(17-9-15(3)26-16(4)10-17)27-18-11-19(30-22(18)20)23(29)28-8-6-24(13-28)5-7-25-12-24/h9-11,14,25,27H,5-8,12-13H2,1-4H3. The lowest BCUT2D eigenvalue weighted by atomic mass is 9.87. The first-order chi connectivity index (χ1) is 14.3. The van der Waals surface area contributed by atoms with Crippen LogP contribution in [0.5, 0.6) is 0 Å². The van der Waals surface area contributed by atoms with Crippen LogP contribution in [-0.2, 0) is 0 Å². The molecule has 2 aliphatic rings. The van der Waals surface area contributed by atoms with E-state index in [1.54, 1.807) is 11.3 Å². The lowest BCUT2D eigenvalue weighted by Crippen LogP contribution is -2.32. The van der Waals surface area contributed by atoms with Crippen LogP contribution in [0.25, 0.3) is 21.5 Å². The van der Waals surface area contributed by atoms with Gasteiger partial charge in [0.25, 0.3) is 5.91 Å². The summed E-state index contributed by atoms with van der Waals surface area (Å²) in [6.45, 7) is 12.4. The molecular weight excluding hydrogens is 392 g/mol. The average Bonchev–Trinajstić information content (AvgIpc) is 3.44. The highest BCUT2D eigenvalue weighted by Crippen LogP contribution is 2.41. The van der Waals surface area contributed by atoms with Gasteiger partial charge in [-0.25, -0.2) is 0 Å². The minimum absolute atomic E-state index is 0.195. The minimum atomic E-state index is 0.195. The topological polar surface area (TPSA) is 61.0 Å². The highest BCUT2D eigenvalue weighted by molar-refractivity contribution is 7.21. The number of aromatic amines is 1. The Morgan fingerprint density at radius 3 is 2.63 bits per heavy atom. The van der Waals surface area contributed by atoms with Gasteiger partial charge in [0.2, 0.25) is 0 Å². The number of pyridine rings is 1. The average molecular weight is 423 g/mol. The Labute approximate surface area is 181 Å². The fourth-order valence-electron chi connectivity index (χ4n) is 5.27. The molecule has 30 heavy (non-hydrogen) atoms. The molecule has 5 nitrogen and oxygen atoms in total. The molecule has 0 aromatic carbocycles. The maximum atomic E-state index is 13.3. The van der Waals surface area contributed by atoms with E-state index in [4.69, 9.17) is 0 Å². The summed E-state index contributed by atoms with van der Waals surface area (Å²) in [5.41, 5.74) is 7.07. The van der Waals surface area contributed by atoms with Crippen molar-refractivity contribution in [3.8, 4) is 11.3 Å². The Morgan fingerprint density at radius 2 is 1.97 bits per heavy atom. The van der Waals surface area contributed by atoms with Crippen LogP contribution in [0, 0.1) is 19.3 Å². The van der Waals surface area contributed by atoms with E-state index in [2.05, 4.69) is 52.2 Å². The van der Waals surface area contributed by atoms with Gasteiger partial charge in [-0.1, -0.05) is 13.8 Å². The SMILES string of the molecule is Cc1cc(-c2[nH]c3cc(C(=O)N4CCC5(CCNC5)C4)sc3c2C(C)C)cc(C)n1. The van der Waals surface area contributed by atoms with Crippen molar-refractivity contribution < 1.29 is 4.79 Å². The summed E-state index contributed by atoms with van der Waals surface area (Å²) >= 11 is 1.65. The number of nitrogens with one attached hydrogen (secondary N) is 2. The molecule has 0 radical (unpaired) electrons. The van der Waals surface area contributed by atoms with E-state index >= 15 is 0 Å². The lowest BCUT2D eigenvalue weighted by molar-refractivity contribution is 0.0780. The van der Waals surface area contributed by atoms with E-state index in [1.165, 1.54) is 22.2 Å². The second-order valence-electron chi connectivity index (χ2n) is 9.46. The number of rotatable bonds is 3. The molecule has 0 aliphatic carbocycles. The van der Waals surface area contributed by atoms with Crippen LogP contribution in [0.4, 0.5) is 0 Å². The van der Waals surface area contributed by atoms with Gasteiger partial charge >= 0.3 is 0 Å². The molecule has 1 unspecified atom stereocenters. The van der Waals surface area contributed by atoms with Gasteiger partial charge in [0.1, 0.15) is 0 Å². The quantitative estimate of drug-likeness (QED) is 0.634. The zero-order chi connectivity index (χ0) is 21.0. The molecule has 2 N–H and O–H groups in total. The van der Waals surface area contributed by atoms with Crippen molar-refractivity contribution in [2.45, 2.75) is 46.5 Å². The van der Waals surface area contributed by atoms with Gasteiger partial charge in [-0.05, 0) is 62.9 Å². The van der Waals surface area contributed by atoms with Crippen LogP contribution in [-0.4, -0.2) is 47.0 Å². The van der Waals surface area contributed by atoms with Crippen LogP contribution in [0.2, 0.25) is 0 Å². The molecule has 5 rings (SSSR count). The maximum Gasteiger partial charge on any atom is 0.264 e. The van der Waals surface area contributed by atoms with Crippen LogP contribution in [0.3, 0.4) is 0 Å². The van der Waals surface area contributed by atoms with Gasteiger partial charge in [0, 0.05) is 42.0 Å². The number of carbonyl (C=O) groups is 1. The van der Waals surface area contributed by atoms with Gasteiger partial charge in [0.05, 0.1) is 20.8 Å². The largest absolute Gasteiger partial charge is 0.354 e. The Hall–Kier alpha value is -2.18. The van der Waals surface area contributed by atoms with Gasteiger partial charge < -0.3 is 15.2 Å². The number of aromatic nitrogens is 2. The smallest absolute Gasteiger partial charge is 0.264 e. The van der Waals surface area contributed by atoms with E-state index in [9.17, 15) is 4.79 Å². The van der Waals surface area contributed by atoms with Crippen molar-refractivity contribution in [3.63, 3.8) is 0 Å². The molecule has 0 saturated carbocycles. The van der Waals surface area contributed by atoms with Crippen molar-refractivity contribution in [2.75, 3.05) is 26.2 Å². The number of H-pyrrole nitrogens is 1. The summed E-state index contributed by atoms with van der Waals surface area (Å²) in [6.07, 6.45) is 2.31.